The Bertz CT molecular complexity index is 1050. The number of primary amides is 1. The van der Waals surface area contributed by atoms with Crippen molar-refractivity contribution in [2.75, 3.05) is 4.90 Å². The fourth-order valence-electron chi connectivity index (χ4n) is 4.73. The van der Waals surface area contributed by atoms with Crippen molar-refractivity contribution < 1.29 is 14.4 Å². The van der Waals surface area contributed by atoms with Gasteiger partial charge in [-0.2, -0.15) is 0 Å². The van der Waals surface area contributed by atoms with E-state index in [0.717, 1.165) is 11.1 Å². The lowest BCUT2D eigenvalue weighted by molar-refractivity contribution is -0.129. The maximum atomic E-state index is 13.4. The minimum Gasteiger partial charge on any atom is -0.368 e. The van der Waals surface area contributed by atoms with Crippen molar-refractivity contribution in [1.82, 2.24) is 4.90 Å². The summed E-state index contributed by atoms with van der Waals surface area (Å²) in [7, 11) is 0. The van der Waals surface area contributed by atoms with Crippen molar-refractivity contribution in [3.05, 3.63) is 70.9 Å². The number of anilines is 1. The van der Waals surface area contributed by atoms with Crippen LogP contribution in [0.25, 0.3) is 6.08 Å². The van der Waals surface area contributed by atoms with E-state index in [0.29, 0.717) is 10.7 Å². The smallest absolute Gasteiger partial charge is 0.240 e. The predicted molar refractivity (Wildman–Crippen MR) is 104 cm³/mol. The largest absolute Gasteiger partial charge is 0.368 e. The fourth-order valence-corrected chi connectivity index (χ4v) is 4.85. The molecule has 2 fully saturated rings. The van der Waals surface area contributed by atoms with Crippen molar-refractivity contribution >= 4 is 41.1 Å². The number of carbonyl (C=O) groups excluding carboxylic acids is 3. The van der Waals surface area contributed by atoms with Crippen molar-refractivity contribution in [1.29, 1.82) is 0 Å². The Hall–Kier alpha value is -3.12. The van der Waals surface area contributed by atoms with Gasteiger partial charge in [-0.05, 0) is 41.5 Å². The van der Waals surface area contributed by atoms with Crippen molar-refractivity contribution in [3.63, 3.8) is 0 Å². The third-order valence-corrected chi connectivity index (χ3v) is 6.09. The maximum Gasteiger partial charge on any atom is 0.240 e. The van der Waals surface area contributed by atoms with Gasteiger partial charge in [0.15, 0.2) is 0 Å². The summed E-state index contributed by atoms with van der Waals surface area (Å²) in [5.41, 5.74) is 8.02. The number of halogens is 1. The van der Waals surface area contributed by atoms with E-state index in [-0.39, 0.29) is 5.91 Å². The monoisotopic (exact) mass is 393 g/mol. The normalized spacial score (nSPS) is 27.6. The van der Waals surface area contributed by atoms with Gasteiger partial charge in [-0.3, -0.25) is 14.4 Å². The lowest BCUT2D eigenvalue weighted by Crippen LogP contribution is -2.46. The number of benzene rings is 2. The molecule has 6 nitrogen and oxygen atoms in total. The Labute approximate surface area is 166 Å². The van der Waals surface area contributed by atoms with Gasteiger partial charge in [-0.15, -0.1) is 0 Å². The van der Waals surface area contributed by atoms with Crippen LogP contribution in [0.1, 0.15) is 17.2 Å². The van der Waals surface area contributed by atoms with E-state index in [1.54, 1.807) is 35.4 Å². The highest BCUT2D eigenvalue weighted by molar-refractivity contribution is 6.31. The summed E-state index contributed by atoms with van der Waals surface area (Å²) in [5, 5.41) is 0.510. The SMILES string of the molecule is NC(=O)[C@@H]1[C@@H]2C(=O)N(c3ccc(Cl)cc3)C(=O)[C@@H]2[C@@H]2c3ccccc3C=CN12. The molecule has 3 aliphatic heterocycles. The maximum absolute atomic E-state index is 13.4. The summed E-state index contributed by atoms with van der Waals surface area (Å²) in [6, 6.07) is 12.9. The quantitative estimate of drug-likeness (QED) is 0.794. The molecule has 0 bridgehead atoms. The molecule has 0 unspecified atom stereocenters. The number of hydrogen-bond acceptors (Lipinski definition) is 4. The molecule has 2 aromatic carbocycles. The van der Waals surface area contributed by atoms with Crippen LogP contribution in [0.3, 0.4) is 0 Å². The summed E-state index contributed by atoms with van der Waals surface area (Å²) < 4.78 is 0. The van der Waals surface area contributed by atoms with Crippen LogP contribution in [0.2, 0.25) is 5.02 Å². The van der Waals surface area contributed by atoms with Crippen LogP contribution in [-0.4, -0.2) is 28.7 Å². The molecule has 0 spiro atoms. The molecule has 3 amide bonds. The lowest BCUT2D eigenvalue weighted by atomic mass is 9.84. The van der Waals surface area contributed by atoms with Gasteiger partial charge in [0.05, 0.1) is 23.6 Å². The first-order chi connectivity index (χ1) is 13.5. The summed E-state index contributed by atoms with van der Waals surface area (Å²) in [6.45, 7) is 0. The number of rotatable bonds is 2. The number of amides is 3. The third-order valence-electron chi connectivity index (χ3n) is 5.84. The third kappa shape index (κ3) is 2.18. The standard InChI is InChI=1S/C21H16ClN3O3/c22-12-5-7-13(8-6-12)25-20(27)15-16(21(25)28)18(19(23)26)24-10-9-11-3-1-2-4-14(11)17(15)24/h1-10,15-18H,(H2,23,26)/t15-,16+,17-,18-/m0/s1. The zero-order valence-corrected chi connectivity index (χ0v) is 15.4. The number of nitrogens with zero attached hydrogens (tertiary/aromatic N) is 2. The zero-order chi connectivity index (χ0) is 19.6. The second-order valence-electron chi connectivity index (χ2n) is 7.22. The number of imide groups is 1. The molecule has 0 aromatic heterocycles. The Balaban J connectivity index is 1.65. The second kappa shape index (κ2) is 5.94. The molecule has 2 aromatic rings. The van der Waals surface area contributed by atoms with Gasteiger partial charge in [-0.25, -0.2) is 4.90 Å². The van der Waals surface area contributed by atoms with Gasteiger partial charge in [0.2, 0.25) is 17.7 Å². The van der Waals surface area contributed by atoms with Crippen LogP contribution in [0.5, 0.6) is 0 Å². The molecule has 0 saturated carbocycles. The van der Waals surface area contributed by atoms with Gasteiger partial charge in [0.25, 0.3) is 0 Å². The molecule has 140 valence electrons. The van der Waals surface area contributed by atoms with Crippen LogP contribution in [0, 0.1) is 11.8 Å². The number of carbonyl (C=O) groups is 3. The molecule has 0 radical (unpaired) electrons. The number of nitrogens with two attached hydrogens (primary N) is 1. The highest BCUT2D eigenvalue weighted by Gasteiger charge is 2.64. The first kappa shape index (κ1) is 17.0. The van der Waals surface area contributed by atoms with E-state index in [1.807, 2.05) is 30.3 Å². The highest BCUT2D eigenvalue weighted by Crippen LogP contribution is 2.52. The summed E-state index contributed by atoms with van der Waals surface area (Å²) >= 11 is 5.94. The van der Waals surface area contributed by atoms with Gasteiger partial charge < -0.3 is 10.6 Å². The average Bonchev–Trinajstić information content (AvgIpc) is 3.16. The summed E-state index contributed by atoms with van der Waals surface area (Å²) in [5.74, 6) is -2.82. The molecule has 7 heteroatoms. The first-order valence-corrected chi connectivity index (χ1v) is 9.34. The Morgan fingerprint density at radius 1 is 0.964 bits per heavy atom. The summed E-state index contributed by atoms with van der Waals surface area (Å²) in [6.07, 6.45) is 3.66. The van der Waals surface area contributed by atoms with E-state index in [4.69, 9.17) is 17.3 Å². The van der Waals surface area contributed by atoms with Crippen LogP contribution in [-0.2, 0) is 14.4 Å². The van der Waals surface area contributed by atoms with E-state index in [2.05, 4.69) is 0 Å². The molecule has 3 aliphatic rings. The van der Waals surface area contributed by atoms with E-state index < -0.39 is 35.7 Å². The van der Waals surface area contributed by atoms with Gasteiger partial charge in [0.1, 0.15) is 6.04 Å². The van der Waals surface area contributed by atoms with E-state index in [9.17, 15) is 14.4 Å². The van der Waals surface area contributed by atoms with E-state index in [1.165, 1.54) is 4.90 Å². The van der Waals surface area contributed by atoms with Crippen molar-refractivity contribution in [2.24, 2.45) is 17.6 Å². The number of hydrogen-bond donors (Lipinski definition) is 1. The molecule has 28 heavy (non-hydrogen) atoms. The fraction of sp³-hybridized carbons (Fsp3) is 0.190. The second-order valence-corrected chi connectivity index (χ2v) is 7.66. The van der Waals surface area contributed by atoms with E-state index >= 15 is 0 Å². The van der Waals surface area contributed by atoms with Crippen LogP contribution < -0.4 is 10.6 Å². The Morgan fingerprint density at radius 2 is 1.64 bits per heavy atom. The lowest BCUT2D eigenvalue weighted by Gasteiger charge is -2.34. The van der Waals surface area contributed by atoms with Crippen molar-refractivity contribution in [2.45, 2.75) is 12.1 Å². The van der Waals surface area contributed by atoms with Crippen LogP contribution in [0.15, 0.2) is 54.7 Å². The summed E-state index contributed by atoms with van der Waals surface area (Å²) in [4.78, 5) is 41.9. The molecular weight excluding hydrogens is 378 g/mol. The first-order valence-electron chi connectivity index (χ1n) is 8.96. The zero-order valence-electron chi connectivity index (χ0n) is 14.7. The molecule has 0 aliphatic carbocycles. The molecule has 4 atom stereocenters. The Morgan fingerprint density at radius 3 is 2.36 bits per heavy atom. The topological polar surface area (TPSA) is 83.7 Å². The highest BCUT2D eigenvalue weighted by atomic mass is 35.5. The van der Waals surface area contributed by atoms with Gasteiger partial charge in [0, 0.05) is 11.2 Å². The van der Waals surface area contributed by atoms with Crippen LogP contribution >= 0.6 is 11.6 Å². The molecule has 2 saturated heterocycles. The van der Waals surface area contributed by atoms with Gasteiger partial charge in [-0.1, -0.05) is 35.9 Å². The molecule has 5 rings (SSSR count). The molecular formula is C21H16ClN3O3. The molecule has 3 heterocycles. The number of fused-ring (bicyclic) bond motifs is 5. The molecule has 2 N–H and O–H groups in total. The Kier molecular flexibility index (Phi) is 3.61. The average molecular weight is 394 g/mol. The van der Waals surface area contributed by atoms with Gasteiger partial charge >= 0.3 is 0 Å². The van der Waals surface area contributed by atoms with Crippen molar-refractivity contribution in [3.8, 4) is 0 Å². The predicted octanol–water partition coefficient (Wildman–Crippen LogP) is 2.34. The minimum absolute atomic E-state index is 0.318. The minimum atomic E-state index is -0.867. The van der Waals surface area contributed by atoms with Crippen LogP contribution in [0.4, 0.5) is 5.69 Å².